The van der Waals surface area contributed by atoms with Gasteiger partial charge >= 0.3 is 0 Å². The van der Waals surface area contributed by atoms with Crippen LogP contribution >= 0.6 is 11.6 Å². The molecule has 4 rings (SSSR count). The fraction of sp³-hybridized carbons (Fsp3) is 0.130. The minimum atomic E-state index is -0.490. The Labute approximate surface area is 183 Å². The van der Waals surface area contributed by atoms with E-state index in [4.69, 9.17) is 22.1 Å². The molecule has 2 heterocycles. The first-order chi connectivity index (χ1) is 15.0. The number of aromatic nitrogens is 2. The Morgan fingerprint density at radius 2 is 1.97 bits per heavy atom. The first-order valence-corrected chi connectivity index (χ1v) is 9.85. The quantitative estimate of drug-likeness (QED) is 0.555. The monoisotopic (exact) mass is 430 g/mol. The Hall–Kier alpha value is -3.94. The molecule has 0 radical (unpaired) electrons. The van der Waals surface area contributed by atoms with Gasteiger partial charge in [-0.2, -0.15) is 15.5 Å². The molecule has 3 aromatic rings. The maximum absolute atomic E-state index is 15.0. The maximum atomic E-state index is 15.0. The molecule has 1 aliphatic rings. The lowest BCUT2D eigenvalue weighted by Gasteiger charge is -2.21. The van der Waals surface area contributed by atoms with E-state index >= 15 is 0 Å². The molecule has 6 nitrogen and oxygen atoms in total. The minimum absolute atomic E-state index is 0.239. The lowest BCUT2D eigenvalue weighted by Crippen LogP contribution is -2.17. The molecule has 2 aromatic carbocycles. The second kappa shape index (κ2) is 8.43. The van der Waals surface area contributed by atoms with Crippen molar-refractivity contribution in [1.82, 2.24) is 9.97 Å². The number of anilines is 4. The highest BCUT2D eigenvalue weighted by molar-refractivity contribution is 6.33. The number of fused-ring (bicyclic) bond motifs is 1. The molecule has 0 saturated carbocycles. The molecule has 1 aromatic heterocycles. The summed E-state index contributed by atoms with van der Waals surface area (Å²) in [6.45, 7) is 2.41. The second-order valence-corrected chi connectivity index (χ2v) is 7.35. The normalized spacial score (nSPS) is 12.5. The summed E-state index contributed by atoms with van der Waals surface area (Å²) in [4.78, 5) is 10.9. The van der Waals surface area contributed by atoms with Crippen LogP contribution in [0.3, 0.4) is 0 Å². The van der Waals surface area contributed by atoms with Crippen LogP contribution in [0.25, 0.3) is 6.08 Å². The zero-order chi connectivity index (χ0) is 22.0. The van der Waals surface area contributed by atoms with Gasteiger partial charge in [0.2, 0.25) is 5.95 Å². The first kappa shape index (κ1) is 20.3. The summed E-state index contributed by atoms with van der Waals surface area (Å²) in [5, 5.41) is 21.0. The van der Waals surface area contributed by atoms with Gasteiger partial charge in [0.05, 0.1) is 28.4 Å². The summed E-state index contributed by atoms with van der Waals surface area (Å²) < 4.78 is 15.0. The molecule has 0 bridgehead atoms. The summed E-state index contributed by atoms with van der Waals surface area (Å²) in [6.07, 6.45) is 3.44. The predicted octanol–water partition coefficient (Wildman–Crippen LogP) is 5.42. The van der Waals surface area contributed by atoms with Gasteiger partial charge in [-0.1, -0.05) is 11.6 Å². The minimum Gasteiger partial charge on any atom is -0.324 e. The molecule has 0 amide bonds. The van der Waals surface area contributed by atoms with Crippen LogP contribution in [0.1, 0.15) is 22.4 Å². The van der Waals surface area contributed by atoms with E-state index in [-0.39, 0.29) is 10.7 Å². The number of aryl methyl sites for hydroxylation is 1. The molecule has 0 spiro atoms. The Kier molecular flexibility index (Phi) is 5.53. The van der Waals surface area contributed by atoms with Crippen molar-refractivity contribution in [2.75, 3.05) is 16.8 Å². The van der Waals surface area contributed by atoms with E-state index in [1.54, 1.807) is 35.2 Å². The van der Waals surface area contributed by atoms with Gasteiger partial charge in [-0.25, -0.2) is 9.37 Å². The molecule has 0 atom stereocenters. The number of halogens is 2. The fourth-order valence-electron chi connectivity index (χ4n) is 3.53. The van der Waals surface area contributed by atoms with E-state index in [1.165, 1.54) is 18.2 Å². The predicted molar refractivity (Wildman–Crippen MR) is 118 cm³/mol. The van der Waals surface area contributed by atoms with Gasteiger partial charge in [0, 0.05) is 29.6 Å². The molecule has 1 N–H and O–H groups in total. The van der Waals surface area contributed by atoms with Crippen LogP contribution in [-0.2, 0) is 6.42 Å². The van der Waals surface area contributed by atoms with Crippen molar-refractivity contribution in [3.8, 4) is 12.1 Å². The molecular weight excluding hydrogens is 415 g/mol. The van der Waals surface area contributed by atoms with Gasteiger partial charge in [0.1, 0.15) is 11.6 Å². The maximum Gasteiger partial charge on any atom is 0.229 e. The van der Waals surface area contributed by atoms with Crippen molar-refractivity contribution in [2.45, 2.75) is 13.3 Å². The number of hydrogen-bond donors (Lipinski definition) is 1. The zero-order valence-corrected chi connectivity index (χ0v) is 17.3. The number of nitrogens with one attached hydrogen (secondary N) is 1. The van der Waals surface area contributed by atoms with E-state index in [2.05, 4.69) is 21.4 Å². The largest absolute Gasteiger partial charge is 0.324 e. The van der Waals surface area contributed by atoms with Crippen LogP contribution < -0.4 is 10.2 Å². The topological polar surface area (TPSA) is 88.6 Å². The Morgan fingerprint density at radius 1 is 1.19 bits per heavy atom. The van der Waals surface area contributed by atoms with Crippen molar-refractivity contribution < 1.29 is 4.39 Å². The number of rotatable bonds is 4. The molecule has 0 aliphatic carbocycles. The number of allylic oxidation sites excluding steroid dienone is 1. The SMILES string of the molecule is Cc1nc(Nc2ccc(C#N)cc2)nc2c1CCN2c1c(F)cc(/C=C/C#N)cc1Cl. The van der Waals surface area contributed by atoms with E-state index in [9.17, 15) is 4.39 Å². The lowest BCUT2D eigenvalue weighted by atomic mass is 10.1. The van der Waals surface area contributed by atoms with Gasteiger partial charge < -0.3 is 10.2 Å². The van der Waals surface area contributed by atoms with Crippen molar-refractivity contribution in [2.24, 2.45) is 0 Å². The summed E-state index contributed by atoms with van der Waals surface area (Å²) in [5.74, 6) is 0.485. The smallest absolute Gasteiger partial charge is 0.229 e. The molecule has 1 aliphatic heterocycles. The average Bonchev–Trinajstić information content (AvgIpc) is 3.16. The standard InChI is InChI=1S/C23H16ClFN6/c1-14-18-8-10-31(21-19(24)11-16(3-2-9-26)12-20(21)25)22(18)30-23(28-14)29-17-6-4-15(13-27)5-7-17/h2-7,11-12H,8,10H2,1H3,(H,28,29,30)/b3-2+. The molecule has 0 saturated heterocycles. The Bertz CT molecular complexity index is 1250. The zero-order valence-electron chi connectivity index (χ0n) is 16.5. The summed E-state index contributed by atoms with van der Waals surface area (Å²) in [5.41, 5.74) is 3.79. The molecule has 152 valence electrons. The van der Waals surface area contributed by atoms with Crippen LogP contribution in [0, 0.1) is 35.4 Å². The number of hydrogen-bond acceptors (Lipinski definition) is 6. The van der Waals surface area contributed by atoms with Crippen molar-refractivity contribution in [3.63, 3.8) is 0 Å². The number of nitriles is 2. The van der Waals surface area contributed by atoms with Crippen molar-refractivity contribution >= 4 is 40.8 Å². The molecule has 0 fully saturated rings. The van der Waals surface area contributed by atoms with Gasteiger partial charge in [0.15, 0.2) is 0 Å². The highest BCUT2D eigenvalue weighted by Gasteiger charge is 2.29. The molecular formula is C23H16ClFN6. The van der Waals surface area contributed by atoms with E-state index in [0.29, 0.717) is 35.9 Å². The van der Waals surface area contributed by atoms with Crippen LogP contribution in [0.15, 0.2) is 42.5 Å². The third-order valence-electron chi connectivity index (χ3n) is 4.96. The summed E-state index contributed by atoms with van der Waals surface area (Å²) in [7, 11) is 0. The highest BCUT2D eigenvalue weighted by Crippen LogP contribution is 2.40. The van der Waals surface area contributed by atoms with Crippen LogP contribution in [0.5, 0.6) is 0 Å². The van der Waals surface area contributed by atoms with Gasteiger partial charge in [-0.15, -0.1) is 0 Å². The van der Waals surface area contributed by atoms with Gasteiger partial charge in [-0.3, -0.25) is 0 Å². The van der Waals surface area contributed by atoms with Crippen LogP contribution in [-0.4, -0.2) is 16.5 Å². The molecule has 31 heavy (non-hydrogen) atoms. The third-order valence-corrected chi connectivity index (χ3v) is 5.25. The first-order valence-electron chi connectivity index (χ1n) is 9.47. The summed E-state index contributed by atoms with van der Waals surface area (Å²) in [6, 6.07) is 13.9. The van der Waals surface area contributed by atoms with Gasteiger partial charge in [-0.05, 0) is 61.4 Å². The third kappa shape index (κ3) is 4.05. The number of benzene rings is 2. The van der Waals surface area contributed by atoms with Crippen LogP contribution in [0.2, 0.25) is 5.02 Å². The Morgan fingerprint density at radius 3 is 2.65 bits per heavy atom. The van der Waals surface area contributed by atoms with E-state index in [0.717, 1.165) is 16.9 Å². The van der Waals surface area contributed by atoms with Gasteiger partial charge in [0.25, 0.3) is 0 Å². The van der Waals surface area contributed by atoms with Crippen LogP contribution in [0.4, 0.5) is 27.5 Å². The lowest BCUT2D eigenvalue weighted by molar-refractivity contribution is 0.625. The fourth-order valence-corrected chi connectivity index (χ4v) is 3.85. The van der Waals surface area contributed by atoms with Crippen molar-refractivity contribution in [1.29, 1.82) is 10.5 Å². The molecule has 0 unspecified atom stereocenters. The molecule has 8 heteroatoms. The van der Waals surface area contributed by atoms with Crippen molar-refractivity contribution in [3.05, 3.63) is 75.7 Å². The summed E-state index contributed by atoms with van der Waals surface area (Å²) >= 11 is 6.41. The number of nitrogens with zero attached hydrogens (tertiary/aromatic N) is 5. The highest BCUT2D eigenvalue weighted by atomic mass is 35.5. The van der Waals surface area contributed by atoms with E-state index < -0.39 is 5.82 Å². The van der Waals surface area contributed by atoms with E-state index in [1.807, 2.05) is 13.0 Å². The average molecular weight is 431 g/mol. The second-order valence-electron chi connectivity index (χ2n) is 6.95. The Balaban J connectivity index is 1.70.